The molecule has 2 aliphatic rings. The number of methoxy groups -OCH3 is 2. The number of hydrogen-bond acceptors (Lipinski definition) is 4. The Bertz CT molecular complexity index is 1170. The van der Waals surface area contributed by atoms with Crippen molar-refractivity contribution in [3.63, 3.8) is 0 Å². The number of rotatable bonds is 6. The van der Waals surface area contributed by atoms with Crippen LogP contribution in [0.2, 0.25) is 0 Å². The summed E-state index contributed by atoms with van der Waals surface area (Å²) in [5.41, 5.74) is 2.71. The van der Waals surface area contributed by atoms with Crippen molar-refractivity contribution in [2.24, 2.45) is 0 Å². The van der Waals surface area contributed by atoms with Gasteiger partial charge in [0.1, 0.15) is 5.82 Å². The highest BCUT2D eigenvalue weighted by atomic mass is 19.4. The molecule has 2 unspecified atom stereocenters. The molecule has 0 saturated carbocycles. The number of nitrogens with one attached hydrogen (secondary N) is 1. The summed E-state index contributed by atoms with van der Waals surface area (Å²) in [6.45, 7) is 2.48. The molecule has 8 heteroatoms. The molecule has 1 fully saturated rings. The molecule has 3 heterocycles. The molecule has 186 valence electrons. The molecule has 0 spiro atoms. The molecule has 1 aromatic heterocycles. The molecule has 0 radical (unpaired) electrons. The molecule has 5 rings (SSSR count). The second kappa shape index (κ2) is 9.49. The predicted molar refractivity (Wildman–Crippen MR) is 129 cm³/mol. The van der Waals surface area contributed by atoms with Gasteiger partial charge in [0, 0.05) is 36.9 Å². The molecular formula is C27H30F3N3O2. The number of benzene rings is 2. The third kappa shape index (κ3) is 4.59. The third-order valence-electron chi connectivity index (χ3n) is 7.18. The summed E-state index contributed by atoms with van der Waals surface area (Å²) in [7, 11) is 3.26. The van der Waals surface area contributed by atoms with Crippen LogP contribution in [0.25, 0.3) is 0 Å². The SMILES string of the molecule is COc1ccc(Cn2ccc3c2NCCC3N2CCCC2c2ccc(C(F)(F)F)cc2)cc1OC. The van der Waals surface area contributed by atoms with E-state index in [1.807, 2.05) is 18.2 Å². The number of aromatic nitrogens is 1. The minimum atomic E-state index is -4.31. The van der Waals surface area contributed by atoms with Gasteiger partial charge in [-0.25, -0.2) is 0 Å². The molecule has 2 atom stereocenters. The minimum Gasteiger partial charge on any atom is -0.493 e. The van der Waals surface area contributed by atoms with Crippen LogP contribution in [0.4, 0.5) is 19.0 Å². The van der Waals surface area contributed by atoms with Crippen molar-refractivity contribution in [3.05, 3.63) is 77.0 Å². The summed E-state index contributed by atoms with van der Waals surface area (Å²) < 4.78 is 52.1. The van der Waals surface area contributed by atoms with Crippen molar-refractivity contribution < 1.29 is 22.6 Å². The molecule has 1 saturated heterocycles. The fourth-order valence-electron chi connectivity index (χ4n) is 5.51. The van der Waals surface area contributed by atoms with Gasteiger partial charge in [-0.05, 0) is 67.3 Å². The van der Waals surface area contributed by atoms with E-state index in [0.717, 1.165) is 49.3 Å². The van der Waals surface area contributed by atoms with E-state index in [1.54, 1.807) is 26.4 Å². The third-order valence-corrected chi connectivity index (χ3v) is 7.18. The maximum atomic E-state index is 13.0. The number of hydrogen-bond donors (Lipinski definition) is 1. The average Bonchev–Trinajstić information content (AvgIpc) is 3.51. The van der Waals surface area contributed by atoms with E-state index >= 15 is 0 Å². The number of likely N-dealkylation sites (tertiary alicyclic amines) is 1. The lowest BCUT2D eigenvalue weighted by Crippen LogP contribution is -2.33. The molecule has 2 aromatic carbocycles. The minimum absolute atomic E-state index is 0.127. The van der Waals surface area contributed by atoms with E-state index in [0.29, 0.717) is 18.0 Å². The first-order valence-electron chi connectivity index (χ1n) is 12.0. The largest absolute Gasteiger partial charge is 0.493 e. The second-order valence-corrected chi connectivity index (χ2v) is 9.18. The highest BCUT2D eigenvalue weighted by Gasteiger charge is 2.36. The first-order valence-corrected chi connectivity index (χ1v) is 12.0. The van der Waals surface area contributed by atoms with Crippen LogP contribution >= 0.6 is 0 Å². The molecule has 0 amide bonds. The van der Waals surface area contributed by atoms with Gasteiger partial charge in [-0.1, -0.05) is 18.2 Å². The lowest BCUT2D eigenvalue weighted by Gasteiger charge is -2.36. The van der Waals surface area contributed by atoms with Gasteiger partial charge >= 0.3 is 6.18 Å². The van der Waals surface area contributed by atoms with Gasteiger partial charge in [0.2, 0.25) is 0 Å². The molecular weight excluding hydrogens is 455 g/mol. The molecule has 3 aromatic rings. The van der Waals surface area contributed by atoms with Crippen LogP contribution in [0.3, 0.4) is 0 Å². The lowest BCUT2D eigenvalue weighted by atomic mass is 9.97. The Balaban J connectivity index is 1.38. The van der Waals surface area contributed by atoms with Crippen LogP contribution in [0.1, 0.15) is 53.6 Å². The van der Waals surface area contributed by atoms with Gasteiger partial charge in [0.15, 0.2) is 11.5 Å². The summed E-state index contributed by atoms with van der Waals surface area (Å²) >= 11 is 0. The van der Waals surface area contributed by atoms with E-state index in [9.17, 15) is 13.2 Å². The van der Waals surface area contributed by atoms with Gasteiger partial charge < -0.3 is 19.4 Å². The van der Waals surface area contributed by atoms with E-state index < -0.39 is 11.7 Å². The van der Waals surface area contributed by atoms with Gasteiger partial charge in [0.05, 0.1) is 19.8 Å². The predicted octanol–water partition coefficient (Wildman–Crippen LogP) is 6.27. The lowest BCUT2D eigenvalue weighted by molar-refractivity contribution is -0.137. The van der Waals surface area contributed by atoms with Crippen LogP contribution in [-0.4, -0.2) is 36.8 Å². The quantitative estimate of drug-likeness (QED) is 0.447. The zero-order valence-corrected chi connectivity index (χ0v) is 19.9. The number of halogens is 3. The topological polar surface area (TPSA) is 38.7 Å². The van der Waals surface area contributed by atoms with Crippen molar-refractivity contribution in [1.82, 2.24) is 9.47 Å². The monoisotopic (exact) mass is 485 g/mol. The summed E-state index contributed by atoms with van der Waals surface area (Å²) in [4.78, 5) is 2.48. The average molecular weight is 486 g/mol. The summed E-state index contributed by atoms with van der Waals surface area (Å²) in [5, 5.41) is 3.57. The van der Waals surface area contributed by atoms with E-state index in [4.69, 9.17) is 9.47 Å². The van der Waals surface area contributed by atoms with Crippen molar-refractivity contribution in [3.8, 4) is 11.5 Å². The van der Waals surface area contributed by atoms with Gasteiger partial charge in [-0.15, -0.1) is 0 Å². The van der Waals surface area contributed by atoms with Gasteiger partial charge in [-0.3, -0.25) is 4.90 Å². The molecule has 2 aliphatic heterocycles. The van der Waals surface area contributed by atoms with Crippen molar-refractivity contribution in [2.75, 3.05) is 32.6 Å². The summed E-state index contributed by atoms with van der Waals surface area (Å²) in [5.74, 6) is 2.51. The maximum Gasteiger partial charge on any atom is 0.416 e. The van der Waals surface area contributed by atoms with Gasteiger partial charge in [0.25, 0.3) is 0 Å². The molecule has 35 heavy (non-hydrogen) atoms. The standard InChI is InChI=1S/C27H30F3N3O2/c1-34-24-10-5-18(16-25(24)35-2)17-32-15-12-21-23(11-13-31-26(21)32)33-14-3-4-22(33)19-6-8-20(9-7-19)27(28,29)30/h5-10,12,15-16,22-23,31H,3-4,11,13-14,17H2,1-2H3. The molecule has 0 aliphatic carbocycles. The van der Waals surface area contributed by atoms with Crippen molar-refractivity contribution in [2.45, 2.75) is 44.1 Å². The zero-order valence-electron chi connectivity index (χ0n) is 19.9. The number of nitrogens with zero attached hydrogens (tertiary/aromatic N) is 2. The first-order chi connectivity index (χ1) is 16.9. The molecule has 5 nitrogen and oxygen atoms in total. The highest BCUT2D eigenvalue weighted by molar-refractivity contribution is 5.52. The van der Waals surface area contributed by atoms with E-state index in [-0.39, 0.29) is 12.1 Å². The zero-order chi connectivity index (χ0) is 24.6. The van der Waals surface area contributed by atoms with Crippen LogP contribution in [0, 0.1) is 0 Å². The number of fused-ring (bicyclic) bond motifs is 1. The number of anilines is 1. The van der Waals surface area contributed by atoms with E-state index in [2.05, 4.69) is 27.0 Å². The Morgan fingerprint density at radius 1 is 0.943 bits per heavy atom. The highest BCUT2D eigenvalue weighted by Crippen LogP contribution is 2.44. The maximum absolute atomic E-state index is 13.0. The Morgan fingerprint density at radius 2 is 1.71 bits per heavy atom. The fourth-order valence-corrected chi connectivity index (χ4v) is 5.51. The molecule has 1 N–H and O–H groups in total. The summed E-state index contributed by atoms with van der Waals surface area (Å²) in [6, 6.07) is 14.2. The first kappa shape index (κ1) is 23.6. The van der Waals surface area contributed by atoms with Crippen LogP contribution < -0.4 is 14.8 Å². The second-order valence-electron chi connectivity index (χ2n) is 9.18. The van der Waals surface area contributed by atoms with Crippen LogP contribution in [0.5, 0.6) is 11.5 Å². The van der Waals surface area contributed by atoms with Crippen LogP contribution in [-0.2, 0) is 12.7 Å². The van der Waals surface area contributed by atoms with Crippen LogP contribution in [0.15, 0.2) is 54.7 Å². The fraction of sp³-hybridized carbons (Fsp3) is 0.407. The Kier molecular flexibility index (Phi) is 6.40. The van der Waals surface area contributed by atoms with Gasteiger partial charge in [-0.2, -0.15) is 13.2 Å². The van der Waals surface area contributed by atoms with Crippen molar-refractivity contribution in [1.29, 1.82) is 0 Å². The number of alkyl halides is 3. The van der Waals surface area contributed by atoms with Crippen molar-refractivity contribution >= 4 is 5.82 Å². The Hall–Kier alpha value is -3.13. The summed E-state index contributed by atoms with van der Waals surface area (Å²) in [6.07, 6.45) is 0.753. The smallest absolute Gasteiger partial charge is 0.416 e. The Labute approximate surface area is 203 Å². The Morgan fingerprint density at radius 3 is 2.43 bits per heavy atom. The normalized spacial score (nSPS) is 20.4. The van der Waals surface area contributed by atoms with E-state index in [1.165, 1.54) is 17.7 Å². The number of ether oxygens (including phenoxy) is 2. The molecule has 0 bridgehead atoms.